The van der Waals surface area contributed by atoms with E-state index in [1.807, 2.05) is 32.0 Å². The number of rotatable bonds is 3. The Kier molecular flexibility index (Phi) is 2.91. The van der Waals surface area contributed by atoms with Gasteiger partial charge >= 0.3 is 5.97 Å². The van der Waals surface area contributed by atoms with Crippen LogP contribution < -0.4 is 0 Å². The molecule has 0 fully saturated rings. The Morgan fingerprint density at radius 3 is 2.47 bits per heavy atom. The molecule has 1 aromatic carbocycles. The van der Waals surface area contributed by atoms with Crippen LogP contribution in [-0.2, 0) is 0 Å². The molecule has 0 radical (unpaired) electrons. The van der Waals surface area contributed by atoms with Crippen molar-refractivity contribution in [3.05, 3.63) is 42.0 Å². The number of aromatic nitrogens is 3. The molecule has 0 saturated heterocycles. The largest absolute Gasteiger partial charge is 0.475 e. The third-order valence-electron chi connectivity index (χ3n) is 2.33. The van der Waals surface area contributed by atoms with Crippen molar-refractivity contribution in [2.24, 2.45) is 0 Å². The van der Waals surface area contributed by atoms with Crippen molar-refractivity contribution in [2.75, 3.05) is 0 Å². The summed E-state index contributed by atoms with van der Waals surface area (Å²) in [5, 5.41) is 13.3. The van der Waals surface area contributed by atoms with Crippen molar-refractivity contribution in [3.8, 4) is 5.69 Å². The fourth-order valence-corrected chi connectivity index (χ4v) is 1.46. The molecule has 88 valence electrons. The number of aromatic carboxylic acids is 1. The molecule has 0 aliphatic carbocycles. The molecule has 1 N–H and O–H groups in total. The molecule has 0 aliphatic rings. The van der Waals surface area contributed by atoms with Gasteiger partial charge in [0, 0.05) is 5.92 Å². The number of hydrogen-bond acceptors (Lipinski definition) is 3. The molecule has 2 rings (SSSR count). The predicted molar refractivity (Wildman–Crippen MR) is 62.4 cm³/mol. The van der Waals surface area contributed by atoms with Crippen LogP contribution in [0.4, 0.5) is 0 Å². The minimum Gasteiger partial charge on any atom is -0.475 e. The summed E-state index contributed by atoms with van der Waals surface area (Å²) in [7, 11) is 0. The third kappa shape index (κ3) is 2.18. The number of benzene rings is 1. The molecule has 0 aliphatic heterocycles. The van der Waals surface area contributed by atoms with Gasteiger partial charge in [0.05, 0.1) is 5.69 Å². The first-order valence-corrected chi connectivity index (χ1v) is 5.35. The van der Waals surface area contributed by atoms with Gasteiger partial charge in [-0.3, -0.25) is 0 Å². The Morgan fingerprint density at radius 2 is 1.94 bits per heavy atom. The van der Waals surface area contributed by atoms with E-state index < -0.39 is 5.97 Å². The zero-order chi connectivity index (χ0) is 12.4. The van der Waals surface area contributed by atoms with E-state index in [0.717, 1.165) is 0 Å². The topological polar surface area (TPSA) is 68.0 Å². The number of hydrogen-bond donors (Lipinski definition) is 1. The van der Waals surface area contributed by atoms with Crippen molar-refractivity contribution in [1.82, 2.24) is 14.8 Å². The highest BCUT2D eigenvalue weighted by atomic mass is 16.4. The smallest absolute Gasteiger partial charge is 0.374 e. The normalized spacial score (nSPS) is 10.8. The van der Waals surface area contributed by atoms with Crippen molar-refractivity contribution >= 4 is 5.97 Å². The van der Waals surface area contributed by atoms with Crippen molar-refractivity contribution in [2.45, 2.75) is 19.8 Å². The fourth-order valence-electron chi connectivity index (χ4n) is 1.46. The van der Waals surface area contributed by atoms with Gasteiger partial charge in [-0.25, -0.2) is 14.5 Å². The predicted octanol–water partition coefficient (Wildman–Crippen LogP) is 2.09. The summed E-state index contributed by atoms with van der Waals surface area (Å²) in [5.41, 5.74) is 0.698. The van der Waals surface area contributed by atoms with Crippen molar-refractivity contribution < 1.29 is 9.90 Å². The molecule has 0 atom stereocenters. The Labute approximate surface area is 98.7 Å². The summed E-state index contributed by atoms with van der Waals surface area (Å²) < 4.78 is 1.36. The van der Waals surface area contributed by atoms with Crippen molar-refractivity contribution in [1.29, 1.82) is 0 Å². The van der Waals surface area contributed by atoms with E-state index in [-0.39, 0.29) is 11.7 Å². The lowest BCUT2D eigenvalue weighted by Crippen LogP contribution is -2.08. The zero-order valence-corrected chi connectivity index (χ0v) is 9.66. The van der Waals surface area contributed by atoms with E-state index in [2.05, 4.69) is 10.1 Å². The second-order valence-corrected chi connectivity index (χ2v) is 4.00. The maximum atomic E-state index is 11.1. The molecule has 1 aromatic heterocycles. The monoisotopic (exact) mass is 231 g/mol. The van der Waals surface area contributed by atoms with Gasteiger partial charge in [-0.15, -0.1) is 0 Å². The van der Waals surface area contributed by atoms with Gasteiger partial charge in [0.2, 0.25) is 5.82 Å². The second kappa shape index (κ2) is 4.37. The lowest BCUT2D eigenvalue weighted by molar-refractivity contribution is 0.0680. The lowest BCUT2D eigenvalue weighted by Gasteiger charge is -2.01. The highest BCUT2D eigenvalue weighted by Crippen LogP contribution is 2.14. The number of nitrogens with zero attached hydrogens (tertiary/aromatic N) is 3. The van der Waals surface area contributed by atoms with Crippen LogP contribution in [-0.4, -0.2) is 25.8 Å². The molecule has 0 saturated carbocycles. The molecule has 0 unspecified atom stereocenters. The van der Waals surface area contributed by atoms with Crippen molar-refractivity contribution in [3.63, 3.8) is 0 Å². The Balaban J connectivity index is 2.56. The van der Waals surface area contributed by atoms with Gasteiger partial charge in [0.15, 0.2) is 5.82 Å². The number of carboxylic acid groups (broad SMARTS) is 1. The van der Waals surface area contributed by atoms with Crippen LogP contribution in [0.3, 0.4) is 0 Å². The molecular weight excluding hydrogens is 218 g/mol. The summed E-state index contributed by atoms with van der Waals surface area (Å²) in [5.74, 6) is -0.502. The first kappa shape index (κ1) is 11.3. The maximum Gasteiger partial charge on any atom is 0.374 e. The SMILES string of the molecule is CC(C)c1nc(C(=O)O)n(-c2ccccc2)n1. The second-order valence-electron chi connectivity index (χ2n) is 4.00. The lowest BCUT2D eigenvalue weighted by atomic mass is 10.2. The maximum absolute atomic E-state index is 11.1. The molecule has 0 amide bonds. The first-order chi connectivity index (χ1) is 8.09. The molecule has 0 spiro atoms. The van der Waals surface area contributed by atoms with Crippen LogP contribution in [0.15, 0.2) is 30.3 Å². The van der Waals surface area contributed by atoms with Crippen LogP contribution in [0.5, 0.6) is 0 Å². The molecule has 1 heterocycles. The van der Waals surface area contributed by atoms with Crippen LogP contribution in [0, 0.1) is 0 Å². The minimum atomic E-state index is -1.08. The fraction of sp³-hybridized carbons (Fsp3) is 0.250. The Bertz CT molecular complexity index is 532. The van der Waals surface area contributed by atoms with Gasteiger partial charge in [-0.2, -0.15) is 5.10 Å². The number of para-hydroxylation sites is 1. The van der Waals surface area contributed by atoms with Crippen LogP contribution in [0.1, 0.15) is 36.2 Å². The quantitative estimate of drug-likeness (QED) is 0.878. The van der Waals surface area contributed by atoms with Gasteiger partial charge in [-0.1, -0.05) is 32.0 Å². The molecule has 5 nitrogen and oxygen atoms in total. The Hall–Kier alpha value is -2.17. The highest BCUT2D eigenvalue weighted by molar-refractivity contribution is 5.84. The minimum absolute atomic E-state index is 0.0556. The van der Waals surface area contributed by atoms with E-state index in [9.17, 15) is 4.79 Å². The molecule has 2 aromatic rings. The molecule has 0 bridgehead atoms. The summed E-state index contributed by atoms with van der Waals surface area (Å²) in [6.45, 7) is 3.85. The first-order valence-electron chi connectivity index (χ1n) is 5.35. The average Bonchev–Trinajstić information content (AvgIpc) is 2.75. The van der Waals surface area contributed by atoms with E-state index in [4.69, 9.17) is 5.11 Å². The highest BCUT2D eigenvalue weighted by Gasteiger charge is 2.18. The van der Waals surface area contributed by atoms with Gasteiger partial charge in [-0.05, 0) is 12.1 Å². The van der Waals surface area contributed by atoms with Crippen LogP contribution in [0.2, 0.25) is 0 Å². The van der Waals surface area contributed by atoms with Crippen LogP contribution >= 0.6 is 0 Å². The van der Waals surface area contributed by atoms with Gasteiger partial charge in [0.1, 0.15) is 0 Å². The number of carboxylic acids is 1. The number of carbonyl (C=O) groups is 1. The Morgan fingerprint density at radius 1 is 1.29 bits per heavy atom. The summed E-state index contributed by atoms with van der Waals surface area (Å²) in [6, 6.07) is 9.12. The van der Waals surface area contributed by atoms with E-state index in [1.165, 1.54) is 4.68 Å². The molecule has 5 heteroatoms. The molecule has 17 heavy (non-hydrogen) atoms. The van der Waals surface area contributed by atoms with Crippen LogP contribution in [0.25, 0.3) is 5.69 Å². The average molecular weight is 231 g/mol. The van der Waals surface area contributed by atoms with Gasteiger partial charge in [0.25, 0.3) is 0 Å². The van der Waals surface area contributed by atoms with E-state index in [0.29, 0.717) is 11.5 Å². The van der Waals surface area contributed by atoms with E-state index >= 15 is 0 Å². The summed E-state index contributed by atoms with van der Waals surface area (Å²) in [4.78, 5) is 15.1. The third-order valence-corrected chi connectivity index (χ3v) is 2.33. The summed E-state index contributed by atoms with van der Waals surface area (Å²) >= 11 is 0. The van der Waals surface area contributed by atoms with Gasteiger partial charge < -0.3 is 5.11 Å². The standard InChI is InChI=1S/C12H13N3O2/c1-8(2)10-13-11(12(16)17)15(14-10)9-6-4-3-5-7-9/h3-8H,1-2H3,(H,16,17). The van der Waals surface area contributed by atoms with E-state index in [1.54, 1.807) is 12.1 Å². The zero-order valence-electron chi connectivity index (χ0n) is 9.66. The summed E-state index contributed by atoms with van der Waals surface area (Å²) in [6.07, 6.45) is 0. The molecular formula is C12H13N3O2.